The van der Waals surface area contributed by atoms with Gasteiger partial charge in [0.15, 0.2) is 0 Å². The van der Waals surface area contributed by atoms with E-state index in [1.807, 2.05) is 49.7 Å². The highest BCUT2D eigenvalue weighted by atomic mass is 32.1. The van der Waals surface area contributed by atoms with Crippen LogP contribution in [0.3, 0.4) is 0 Å². The smallest absolute Gasteiger partial charge is 0.319 e. The largest absolute Gasteiger partial charge is 0.338 e. The van der Waals surface area contributed by atoms with Crippen molar-refractivity contribution in [1.29, 1.82) is 0 Å². The van der Waals surface area contributed by atoms with Crippen molar-refractivity contribution in [3.63, 3.8) is 0 Å². The van der Waals surface area contributed by atoms with Crippen LogP contribution in [0.15, 0.2) is 42.0 Å². The van der Waals surface area contributed by atoms with Crippen LogP contribution in [-0.4, -0.2) is 27.1 Å². The average Bonchev–Trinajstić information content (AvgIpc) is 3.21. The fraction of sp³-hybridized carbons (Fsp3) is 0.278. The van der Waals surface area contributed by atoms with Crippen LogP contribution in [0.1, 0.15) is 17.3 Å². The van der Waals surface area contributed by atoms with E-state index in [0.29, 0.717) is 6.54 Å². The van der Waals surface area contributed by atoms with E-state index in [2.05, 4.69) is 25.2 Å². The third-order valence-corrected chi connectivity index (χ3v) is 4.62. The van der Waals surface area contributed by atoms with Gasteiger partial charge in [0, 0.05) is 42.1 Å². The minimum atomic E-state index is -0.195. The van der Waals surface area contributed by atoms with Gasteiger partial charge in [-0.1, -0.05) is 12.1 Å². The quantitative estimate of drug-likeness (QED) is 0.660. The summed E-state index contributed by atoms with van der Waals surface area (Å²) in [6.07, 6.45) is 4.58. The van der Waals surface area contributed by atoms with Gasteiger partial charge in [0.25, 0.3) is 0 Å². The van der Waals surface area contributed by atoms with Crippen LogP contribution < -0.4 is 10.6 Å². The molecule has 2 heterocycles. The van der Waals surface area contributed by atoms with Gasteiger partial charge in [0.2, 0.25) is 0 Å². The number of thiazole rings is 1. The number of carbonyl (C=O) groups excluding carboxylic acids is 1. The first-order valence-corrected chi connectivity index (χ1v) is 9.05. The molecule has 0 unspecified atom stereocenters. The molecule has 0 aliphatic rings. The number of amides is 2. The van der Waals surface area contributed by atoms with Crippen LogP contribution in [0.25, 0.3) is 11.3 Å². The monoisotopic (exact) mass is 355 g/mol. The maximum Gasteiger partial charge on any atom is 0.319 e. The van der Waals surface area contributed by atoms with Crippen LogP contribution in [0.4, 0.5) is 10.5 Å². The van der Waals surface area contributed by atoms with Gasteiger partial charge < -0.3 is 15.2 Å². The number of aryl methyl sites for hydroxylation is 3. The molecule has 0 aliphatic carbocycles. The summed E-state index contributed by atoms with van der Waals surface area (Å²) in [5, 5.41) is 8.79. The third kappa shape index (κ3) is 4.67. The molecular weight excluding hydrogens is 334 g/mol. The van der Waals surface area contributed by atoms with E-state index in [1.54, 1.807) is 17.5 Å². The molecule has 0 spiro atoms. The molecule has 0 fully saturated rings. The maximum atomic E-state index is 11.9. The van der Waals surface area contributed by atoms with Crippen LogP contribution in [-0.2, 0) is 6.54 Å². The summed E-state index contributed by atoms with van der Waals surface area (Å²) in [5.74, 6) is 0.986. The summed E-state index contributed by atoms with van der Waals surface area (Å²) in [6, 6.07) is 7.51. The molecule has 130 valence electrons. The van der Waals surface area contributed by atoms with Gasteiger partial charge in [-0.3, -0.25) is 0 Å². The zero-order chi connectivity index (χ0) is 17.6. The molecule has 25 heavy (non-hydrogen) atoms. The first-order valence-electron chi connectivity index (χ1n) is 8.17. The van der Waals surface area contributed by atoms with E-state index in [0.717, 1.165) is 40.7 Å². The molecule has 2 amide bonds. The molecule has 0 radical (unpaired) electrons. The predicted octanol–water partition coefficient (Wildman–Crippen LogP) is 3.84. The van der Waals surface area contributed by atoms with Crippen molar-refractivity contribution in [2.45, 2.75) is 26.8 Å². The van der Waals surface area contributed by atoms with Gasteiger partial charge in [-0.25, -0.2) is 14.8 Å². The zero-order valence-electron chi connectivity index (χ0n) is 14.3. The SMILES string of the molecule is Cc1nc(-c2ccc(NC(=O)NCCCn3ccnc3C)cc2)cs1. The number of urea groups is 1. The van der Waals surface area contributed by atoms with E-state index in [9.17, 15) is 4.79 Å². The first kappa shape index (κ1) is 17.2. The number of nitrogens with zero attached hydrogens (tertiary/aromatic N) is 3. The van der Waals surface area contributed by atoms with Gasteiger partial charge >= 0.3 is 6.03 Å². The van der Waals surface area contributed by atoms with Crippen LogP contribution in [0, 0.1) is 13.8 Å². The number of imidazole rings is 1. The Hall–Kier alpha value is -2.67. The highest BCUT2D eigenvalue weighted by Crippen LogP contribution is 2.22. The normalized spacial score (nSPS) is 10.6. The first-order chi connectivity index (χ1) is 12.1. The number of nitrogens with one attached hydrogen (secondary N) is 2. The molecule has 3 aromatic rings. The summed E-state index contributed by atoms with van der Waals surface area (Å²) < 4.78 is 2.07. The standard InChI is InChI=1S/C18H21N5OS/c1-13-19-9-11-23(13)10-3-8-20-18(24)22-16-6-4-15(5-7-16)17-12-25-14(2)21-17/h4-7,9,11-12H,3,8,10H2,1-2H3,(H2,20,22,24). The second-order valence-corrected chi connectivity index (χ2v) is 6.79. The Morgan fingerprint density at radius 2 is 2.04 bits per heavy atom. The summed E-state index contributed by atoms with van der Waals surface area (Å²) in [4.78, 5) is 20.6. The molecule has 0 bridgehead atoms. The average molecular weight is 355 g/mol. The van der Waals surface area contributed by atoms with Gasteiger partial charge in [0.05, 0.1) is 10.7 Å². The number of hydrogen-bond acceptors (Lipinski definition) is 4. The van der Waals surface area contributed by atoms with Crippen molar-refractivity contribution >= 4 is 23.1 Å². The second-order valence-electron chi connectivity index (χ2n) is 5.73. The number of aromatic nitrogens is 3. The Morgan fingerprint density at radius 1 is 1.24 bits per heavy atom. The number of benzene rings is 1. The molecule has 0 saturated heterocycles. The lowest BCUT2D eigenvalue weighted by atomic mass is 10.1. The van der Waals surface area contributed by atoms with Crippen LogP contribution in [0.5, 0.6) is 0 Å². The molecular formula is C18H21N5OS. The van der Waals surface area contributed by atoms with Gasteiger partial charge in [-0.05, 0) is 32.4 Å². The topological polar surface area (TPSA) is 71.8 Å². The van der Waals surface area contributed by atoms with Crippen molar-refractivity contribution < 1.29 is 4.79 Å². The van der Waals surface area contributed by atoms with Gasteiger partial charge in [-0.15, -0.1) is 11.3 Å². The van der Waals surface area contributed by atoms with Crippen LogP contribution in [0.2, 0.25) is 0 Å². The molecule has 1 aromatic carbocycles. The second kappa shape index (κ2) is 7.94. The fourth-order valence-electron chi connectivity index (χ4n) is 2.49. The lowest BCUT2D eigenvalue weighted by Gasteiger charge is -2.09. The molecule has 6 nitrogen and oxygen atoms in total. The van der Waals surface area contributed by atoms with Crippen molar-refractivity contribution in [3.8, 4) is 11.3 Å². The lowest BCUT2D eigenvalue weighted by molar-refractivity contribution is 0.252. The molecule has 2 aromatic heterocycles. The summed E-state index contributed by atoms with van der Waals surface area (Å²) in [7, 11) is 0. The van der Waals surface area contributed by atoms with Crippen molar-refractivity contribution in [3.05, 3.63) is 52.9 Å². The summed E-state index contributed by atoms with van der Waals surface area (Å²) in [5.41, 5.74) is 2.78. The minimum Gasteiger partial charge on any atom is -0.338 e. The minimum absolute atomic E-state index is 0.195. The molecule has 7 heteroatoms. The number of anilines is 1. The summed E-state index contributed by atoms with van der Waals surface area (Å²) in [6.45, 7) is 5.41. The van der Waals surface area contributed by atoms with Gasteiger partial charge in [-0.2, -0.15) is 0 Å². The van der Waals surface area contributed by atoms with Crippen molar-refractivity contribution in [2.75, 3.05) is 11.9 Å². The highest BCUT2D eigenvalue weighted by molar-refractivity contribution is 7.09. The van der Waals surface area contributed by atoms with Crippen molar-refractivity contribution in [2.24, 2.45) is 0 Å². The molecule has 0 atom stereocenters. The Morgan fingerprint density at radius 3 is 2.68 bits per heavy atom. The Bertz CT molecular complexity index is 837. The fourth-order valence-corrected chi connectivity index (χ4v) is 3.11. The molecule has 2 N–H and O–H groups in total. The number of carbonyl (C=O) groups is 1. The van der Waals surface area contributed by atoms with E-state index >= 15 is 0 Å². The Balaban J connectivity index is 1.44. The van der Waals surface area contributed by atoms with E-state index < -0.39 is 0 Å². The van der Waals surface area contributed by atoms with E-state index in [1.165, 1.54) is 0 Å². The molecule has 0 aliphatic heterocycles. The highest BCUT2D eigenvalue weighted by Gasteiger charge is 2.04. The third-order valence-electron chi connectivity index (χ3n) is 3.84. The Labute approximate surface area is 150 Å². The molecule has 3 rings (SSSR count). The van der Waals surface area contributed by atoms with Gasteiger partial charge in [0.1, 0.15) is 5.82 Å². The number of hydrogen-bond donors (Lipinski definition) is 2. The predicted molar refractivity (Wildman–Crippen MR) is 101 cm³/mol. The van der Waals surface area contributed by atoms with E-state index in [-0.39, 0.29) is 6.03 Å². The van der Waals surface area contributed by atoms with Crippen LogP contribution >= 0.6 is 11.3 Å². The number of rotatable bonds is 6. The molecule has 0 saturated carbocycles. The van der Waals surface area contributed by atoms with Crippen molar-refractivity contribution in [1.82, 2.24) is 19.9 Å². The zero-order valence-corrected chi connectivity index (χ0v) is 15.1. The lowest BCUT2D eigenvalue weighted by Crippen LogP contribution is -2.30. The Kier molecular flexibility index (Phi) is 5.45. The van der Waals surface area contributed by atoms with E-state index in [4.69, 9.17) is 0 Å². The maximum absolute atomic E-state index is 11.9. The summed E-state index contributed by atoms with van der Waals surface area (Å²) >= 11 is 1.63.